The van der Waals surface area contributed by atoms with E-state index in [1.807, 2.05) is 20.8 Å². The van der Waals surface area contributed by atoms with Crippen molar-refractivity contribution in [1.82, 2.24) is 10.6 Å². The molecule has 3 atom stereocenters. The van der Waals surface area contributed by atoms with Crippen LogP contribution in [-0.4, -0.2) is 29.2 Å². The highest BCUT2D eigenvalue weighted by Gasteiger charge is 2.34. The summed E-state index contributed by atoms with van der Waals surface area (Å²) in [4.78, 5) is 23.5. The third kappa shape index (κ3) is 5.21. The molecule has 0 radical (unpaired) electrons. The van der Waals surface area contributed by atoms with Gasteiger partial charge < -0.3 is 15.7 Å². The lowest BCUT2D eigenvalue weighted by molar-refractivity contribution is -0.141. The van der Waals surface area contributed by atoms with Crippen molar-refractivity contribution in [3.8, 4) is 0 Å². The molecule has 5 nitrogen and oxygen atoms in total. The number of amides is 2. The minimum Gasteiger partial charge on any atom is -0.480 e. The first kappa shape index (κ1) is 17.8. The van der Waals surface area contributed by atoms with Crippen LogP contribution in [0, 0.1) is 17.3 Å². The molecular formula is C16H30N2O3. The van der Waals surface area contributed by atoms with Gasteiger partial charge in [-0.3, -0.25) is 0 Å². The van der Waals surface area contributed by atoms with Gasteiger partial charge in [0.05, 0.1) is 0 Å². The first-order chi connectivity index (χ1) is 9.62. The van der Waals surface area contributed by atoms with E-state index in [4.69, 9.17) is 0 Å². The summed E-state index contributed by atoms with van der Waals surface area (Å²) < 4.78 is 0. The Labute approximate surface area is 127 Å². The van der Waals surface area contributed by atoms with Gasteiger partial charge in [-0.15, -0.1) is 0 Å². The monoisotopic (exact) mass is 298 g/mol. The molecule has 0 saturated heterocycles. The van der Waals surface area contributed by atoms with Crippen molar-refractivity contribution >= 4 is 12.0 Å². The van der Waals surface area contributed by atoms with Crippen LogP contribution in [0.15, 0.2) is 0 Å². The van der Waals surface area contributed by atoms with Gasteiger partial charge in [-0.2, -0.15) is 0 Å². The lowest BCUT2D eigenvalue weighted by Crippen LogP contribution is -2.55. The molecule has 0 aromatic carbocycles. The van der Waals surface area contributed by atoms with Crippen LogP contribution in [0.1, 0.15) is 60.3 Å². The third-order valence-electron chi connectivity index (χ3n) is 4.38. The highest BCUT2D eigenvalue weighted by Crippen LogP contribution is 2.30. The molecule has 5 heteroatoms. The molecule has 0 aromatic rings. The maximum absolute atomic E-state index is 12.2. The SMILES string of the molecule is CC(C)C1CCCCC1NC(=O)N[C@H](C(=O)O)C(C)(C)C. The Morgan fingerprint density at radius 1 is 1.14 bits per heavy atom. The number of carboxylic acid groups (broad SMARTS) is 1. The van der Waals surface area contributed by atoms with E-state index < -0.39 is 17.4 Å². The molecule has 1 saturated carbocycles. The summed E-state index contributed by atoms with van der Waals surface area (Å²) in [6.45, 7) is 9.78. The second-order valence-electron chi connectivity index (χ2n) is 7.55. The summed E-state index contributed by atoms with van der Waals surface area (Å²) >= 11 is 0. The van der Waals surface area contributed by atoms with E-state index in [1.165, 1.54) is 6.42 Å². The maximum atomic E-state index is 12.2. The van der Waals surface area contributed by atoms with E-state index in [-0.39, 0.29) is 12.1 Å². The number of rotatable bonds is 4. The average molecular weight is 298 g/mol. The molecule has 1 rings (SSSR count). The molecule has 2 amide bonds. The van der Waals surface area contributed by atoms with E-state index in [0.29, 0.717) is 11.8 Å². The molecular weight excluding hydrogens is 268 g/mol. The van der Waals surface area contributed by atoms with Gasteiger partial charge in [-0.25, -0.2) is 9.59 Å². The van der Waals surface area contributed by atoms with Crippen LogP contribution in [-0.2, 0) is 4.79 Å². The molecule has 0 heterocycles. The van der Waals surface area contributed by atoms with Gasteiger partial charge in [0.25, 0.3) is 0 Å². The van der Waals surface area contributed by atoms with Gasteiger partial charge in [0.1, 0.15) is 6.04 Å². The van der Waals surface area contributed by atoms with Gasteiger partial charge in [0, 0.05) is 6.04 Å². The Bertz CT molecular complexity index is 374. The van der Waals surface area contributed by atoms with Crippen LogP contribution in [0.3, 0.4) is 0 Å². The zero-order valence-electron chi connectivity index (χ0n) is 13.9. The predicted octanol–water partition coefficient (Wildman–Crippen LogP) is 3.00. The van der Waals surface area contributed by atoms with Crippen molar-refractivity contribution in [3.63, 3.8) is 0 Å². The minimum atomic E-state index is -0.998. The van der Waals surface area contributed by atoms with E-state index in [1.54, 1.807) is 0 Å². The molecule has 0 bridgehead atoms. The van der Waals surface area contributed by atoms with Gasteiger partial charge in [0.15, 0.2) is 0 Å². The van der Waals surface area contributed by atoms with Gasteiger partial charge in [-0.1, -0.05) is 47.5 Å². The molecule has 0 aromatic heterocycles. The number of carboxylic acids is 1. The van der Waals surface area contributed by atoms with Crippen LogP contribution in [0.25, 0.3) is 0 Å². The highest BCUT2D eigenvalue weighted by molar-refractivity contribution is 5.83. The number of nitrogens with one attached hydrogen (secondary N) is 2. The molecule has 2 unspecified atom stereocenters. The number of aliphatic carboxylic acids is 1. The summed E-state index contributed by atoms with van der Waals surface area (Å²) in [7, 11) is 0. The second kappa shape index (κ2) is 7.14. The van der Waals surface area contributed by atoms with Crippen LogP contribution >= 0.6 is 0 Å². The van der Waals surface area contributed by atoms with E-state index in [2.05, 4.69) is 24.5 Å². The second-order valence-corrected chi connectivity index (χ2v) is 7.55. The number of carbonyl (C=O) groups excluding carboxylic acids is 1. The summed E-state index contributed by atoms with van der Waals surface area (Å²) in [6, 6.07) is -1.11. The largest absolute Gasteiger partial charge is 0.480 e. The number of hydrogen-bond acceptors (Lipinski definition) is 2. The van der Waals surface area contributed by atoms with Crippen LogP contribution in [0.4, 0.5) is 4.79 Å². The first-order valence-corrected chi connectivity index (χ1v) is 7.92. The standard InChI is InChI=1S/C16H30N2O3/c1-10(2)11-8-6-7-9-12(11)17-15(21)18-13(14(19)20)16(3,4)5/h10-13H,6-9H2,1-5H3,(H,19,20)(H2,17,18,21)/t11?,12?,13-/m1/s1. The van der Waals surface area contributed by atoms with Crippen LogP contribution < -0.4 is 10.6 Å². The Hall–Kier alpha value is -1.26. The number of carbonyl (C=O) groups is 2. The topological polar surface area (TPSA) is 78.4 Å². The van der Waals surface area contributed by atoms with Crippen molar-refractivity contribution in [1.29, 1.82) is 0 Å². The molecule has 1 fully saturated rings. The van der Waals surface area contributed by atoms with Gasteiger partial charge in [0.2, 0.25) is 0 Å². The van der Waals surface area contributed by atoms with Crippen LogP contribution in [0.2, 0.25) is 0 Å². The fourth-order valence-corrected chi connectivity index (χ4v) is 3.13. The smallest absolute Gasteiger partial charge is 0.326 e. The summed E-state index contributed by atoms with van der Waals surface area (Å²) in [5, 5.41) is 14.9. The molecule has 1 aliphatic carbocycles. The zero-order chi connectivity index (χ0) is 16.2. The first-order valence-electron chi connectivity index (χ1n) is 7.92. The minimum absolute atomic E-state index is 0.146. The van der Waals surface area contributed by atoms with E-state index in [9.17, 15) is 14.7 Å². The number of hydrogen-bond donors (Lipinski definition) is 3. The third-order valence-corrected chi connectivity index (χ3v) is 4.38. The van der Waals surface area contributed by atoms with E-state index >= 15 is 0 Å². The van der Waals surface area contributed by atoms with Crippen molar-refractivity contribution in [3.05, 3.63) is 0 Å². The molecule has 122 valence electrons. The quantitative estimate of drug-likeness (QED) is 0.746. The summed E-state index contributed by atoms with van der Waals surface area (Å²) in [5.74, 6) is -0.00222. The lowest BCUT2D eigenvalue weighted by Gasteiger charge is -2.36. The molecule has 3 N–H and O–H groups in total. The Kier molecular flexibility index (Phi) is 6.05. The van der Waals surface area contributed by atoms with Crippen molar-refractivity contribution in [2.75, 3.05) is 0 Å². The normalized spacial score (nSPS) is 24.5. The number of urea groups is 1. The van der Waals surface area contributed by atoms with Gasteiger partial charge >= 0.3 is 12.0 Å². The van der Waals surface area contributed by atoms with Crippen molar-refractivity contribution in [2.24, 2.45) is 17.3 Å². The lowest BCUT2D eigenvalue weighted by atomic mass is 9.78. The summed E-state index contributed by atoms with van der Waals surface area (Å²) in [6.07, 6.45) is 4.44. The van der Waals surface area contributed by atoms with Crippen LogP contribution in [0.5, 0.6) is 0 Å². The average Bonchev–Trinajstić information content (AvgIpc) is 2.34. The molecule has 1 aliphatic rings. The highest BCUT2D eigenvalue weighted by atomic mass is 16.4. The fourth-order valence-electron chi connectivity index (χ4n) is 3.13. The Balaban J connectivity index is 2.65. The molecule has 0 spiro atoms. The fraction of sp³-hybridized carbons (Fsp3) is 0.875. The Morgan fingerprint density at radius 2 is 1.71 bits per heavy atom. The maximum Gasteiger partial charge on any atom is 0.326 e. The van der Waals surface area contributed by atoms with Crippen molar-refractivity contribution in [2.45, 2.75) is 72.4 Å². The van der Waals surface area contributed by atoms with Gasteiger partial charge in [-0.05, 0) is 30.1 Å². The summed E-state index contributed by atoms with van der Waals surface area (Å²) in [5.41, 5.74) is -0.521. The van der Waals surface area contributed by atoms with E-state index in [0.717, 1.165) is 19.3 Å². The zero-order valence-corrected chi connectivity index (χ0v) is 13.9. The Morgan fingerprint density at radius 3 is 2.19 bits per heavy atom. The molecule has 21 heavy (non-hydrogen) atoms. The predicted molar refractivity (Wildman–Crippen MR) is 83.1 cm³/mol. The molecule has 0 aliphatic heterocycles. The van der Waals surface area contributed by atoms with Crippen molar-refractivity contribution < 1.29 is 14.7 Å².